The summed E-state index contributed by atoms with van der Waals surface area (Å²) in [5.41, 5.74) is 0. The number of hydrogen-bond acceptors (Lipinski definition) is 3. The Bertz CT molecular complexity index is 162. The first kappa shape index (κ1) is 9.94. The van der Waals surface area contributed by atoms with Gasteiger partial charge in [0.05, 0.1) is 0 Å². The minimum atomic E-state index is -1.10. The molecule has 0 saturated carbocycles. The van der Waals surface area contributed by atoms with E-state index >= 15 is 0 Å². The van der Waals surface area contributed by atoms with Crippen molar-refractivity contribution in [1.82, 2.24) is 0 Å². The largest absolute Gasteiger partial charge is 0.478 e. The Morgan fingerprint density at radius 1 is 1.36 bits per heavy atom. The summed E-state index contributed by atoms with van der Waals surface area (Å²) in [7, 11) is 0. The Morgan fingerprint density at radius 2 is 1.82 bits per heavy atom. The fourth-order valence-electron chi connectivity index (χ4n) is 0.650. The van der Waals surface area contributed by atoms with E-state index in [9.17, 15) is 9.59 Å². The van der Waals surface area contributed by atoms with Gasteiger partial charge in [-0.3, -0.25) is 4.79 Å². The van der Waals surface area contributed by atoms with E-state index in [0.29, 0.717) is 0 Å². The number of rotatable bonds is 3. The van der Waals surface area contributed by atoms with Gasteiger partial charge in [0, 0.05) is 12.8 Å². The van der Waals surface area contributed by atoms with Crippen molar-refractivity contribution in [2.45, 2.75) is 26.9 Å². The average molecular weight is 160 g/mol. The lowest BCUT2D eigenvalue weighted by molar-refractivity contribution is -0.165. The average Bonchev–Trinajstić information content (AvgIpc) is 1.81. The van der Waals surface area contributed by atoms with Gasteiger partial charge in [0.15, 0.2) is 0 Å². The first-order valence-electron chi connectivity index (χ1n) is 3.35. The van der Waals surface area contributed by atoms with Crippen LogP contribution in [0.2, 0.25) is 0 Å². The first-order valence-corrected chi connectivity index (χ1v) is 3.35. The van der Waals surface area contributed by atoms with E-state index in [0.717, 1.165) is 0 Å². The van der Waals surface area contributed by atoms with Crippen LogP contribution in [0, 0.1) is 5.92 Å². The molecule has 0 fully saturated rings. The summed E-state index contributed by atoms with van der Waals surface area (Å²) in [5, 5.41) is 8.52. The summed E-state index contributed by atoms with van der Waals surface area (Å²) < 4.78 is 4.53. The van der Waals surface area contributed by atoms with Crippen LogP contribution in [-0.4, -0.2) is 23.1 Å². The molecule has 64 valence electrons. The van der Waals surface area contributed by atoms with E-state index in [-0.39, 0.29) is 5.92 Å². The molecule has 1 N–H and O–H groups in total. The van der Waals surface area contributed by atoms with E-state index < -0.39 is 18.0 Å². The van der Waals surface area contributed by atoms with Gasteiger partial charge in [0.1, 0.15) is 0 Å². The van der Waals surface area contributed by atoms with Crippen molar-refractivity contribution in [3.8, 4) is 0 Å². The summed E-state index contributed by atoms with van der Waals surface area (Å²) in [6.45, 7) is 4.56. The molecule has 0 aromatic carbocycles. The predicted octanol–water partition coefficient (Wildman–Crippen LogP) is 0.659. The highest BCUT2D eigenvalue weighted by Crippen LogP contribution is 2.06. The monoisotopic (exact) mass is 160 g/mol. The lowest BCUT2D eigenvalue weighted by atomic mass is 10.1. The number of aliphatic carboxylic acids is 1. The van der Waals surface area contributed by atoms with Crippen LogP contribution in [0.15, 0.2) is 0 Å². The minimum Gasteiger partial charge on any atom is -0.478 e. The molecule has 0 aromatic rings. The quantitative estimate of drug-likeness (QED) is 0.616. The molecule has 0 heterocycles. The van der Waals surface area contributed by atoms with Gasteiger partial charge in [0.2, 0.25) is 6.10 Å². The molecule has 11 heavy (non-hydrogen) atoms. The number of esters is 1. The van der Waals surface area contributed by atoms with Crippen molar-refractivity contribution in [2.24, 2.45) is 5.92 Å². The van der Waals surface area contributed by atoms with Crippen molar-refractivity contribution in [3.63, 3.8) is 0 Å². The molecule has 0 aliphatic rings. The van der Waals surface area contributed by atoms with Crippen LogP contribution in [0.3, 0.4) is 0 Å². The highest BCUT2D eigenvalue weighted by molar-refractivity contribution is 5.77. The molecule has 0 saturated heterocycles. The Morgan fingerprint density at radius 3 is 1.91 bits per heavy atom. The van der Waals surface area contributed by atoms with Crippen LogP contribution in [-0.2, 0) is 14.3 Å². The van der Waals surface area contributed by atoms with Crippen LogP contribution in [0.4, 0.5) is 0 Å². The summed E-state index contributed by atoms with van der Waals surface area (Å²) in [6.07, 6.45) is -1.02. The van der Waals surface area contributed by atoms with Crippen LogP contribution < -0.4 is 0 Å². The maximum Gasteiger partial charge on any atom is 0.345 e. The normalized spacial score (nSPS) is 12.7. The number of carboxylic acid groups (broad SMARTS) is 1. The van der Waals surface area contributed by atoms with E-state index in [2.05, 4.69) is 4.74 Å². The van der Waals surface area contributed by atoms with Gasteiger partial charge >= 0.3 is 11.9 Å². The fraction of sp³-hybridized carbons (Fsp3) is 0.714. The van der Waals surface area contributed by atoms with E-state index in [1.54, 1.807) is 13.8 Å². The molecule has 4 nitrogen and oxygen atoms in total. The lowest BCUT2D eigenvalue weighted by Crippen LogP contribution is -2.30. The van der Waals surface area contributed by atoms with Crippen LogP contribution in [0.1, 0.15) is 20.8 Å². The minimum absolute atomic E-state index is 0.198. The number of carboxylic acids is 1. The molecule has 0 aliphatic heterocycles. The van der Waals surface area contributed by atoms with Gasteiger partial charge in [-0.05, 0) is 0 Å². The summed E-state index contributed by atoms with van der Waals surface area (Å²) in [4.78, 5) is 20.8. The van der Waals surface area contributed by atoms with Crippen LogP contribution in [0.5, 0.6) is 0 Å². The molecule has 4 heteroatoms. The molecule has 1 unspecified atom stereocenters. The molecule has 0 aliphatic carbocycles. The summed E-state index contributed by atoms with van der Waals surface area (Å²) >= 11 is 0. The third-order valence-corrected chi connectivity index (χ3v) is 1.14. The topological polar surface area (TPSA) is 63.6 Å². The molecule has 0 spiro atoms. The molecule has 0 radical (unpaired) electrons. The van der Waals surface area contributed by atoms with Crippen molar-refractivity contribution in [1.29, 1.82) is 0 Å². The predicted molar refractivity (Wildman–Crippen MR) is 38.0 cm³/mol. The molecular weight excluding hydrogens is 148 g/mol. The SMILES string of the molecule is CC(=O)OC(C(=O)O)C(C)C. The van der Waals surface area contributed by atoms with Crippen molar-refractivity contribution >= 4 is 11.9 Å². The Balaban J connectivity index is 4.12. The van der Waals surface area contributed by atoms with Crippen LogP contribution >= 0.6 is 0 Å². The number of carbonyl (C=O) groups excluding carboxylic acids is 1. The van der Waals surface area contributed by atoms with E-state index in [4.69, 9.17) is 5.11 Å². The Hall–Kier alpha value is -1.06. The number of ether oxygens (including phenoxy) is 1. The first-order chi connectivity index (χ1) is 4.95. The molecule has 0 aromatic heterocycles. The zero-order chi connectivity index (χ0) is 9.02. The zero-order valence-corrected chi connectivity index (χ0v) is 6.83. The fourth-order valence-corrected chi connectivity index (χ4v) is 0.650. The molecule has 0 rings (SSSR count). The van der Waals surface area contributed by atoms with Gasteiger partial charge in [0.25, 0.3) is 0 Å². The van der Waals surface area contributed by atoms with Gasteiger partial charge in [-0.2, -0.15) is 0 Å². The zero-order valence-electron chi connectivity index (χ0n) is 6.83. The van der Waals surface area contributed by atoms with Crippen molar-refractivity contribution in [2.75, 3.05) is 0 Å². The smallest absolute Gasteiger partial charge is 0.345 e. The maximum atomic E-state index is 10.4. The second-order valence-corrected chi connectivity index (χ2v) is 2.61. The lowest BCUT2D eigenvalue weighted by Gasteiger charge is -2.15. The third kappa shape index (κ3) is 3.60. The standard InChI is InChI=1S/C7H12O4/c1-4(2)6(7(9)10)11-5(3)8/h4,6H,1-3H3,(H,9,10). The number of hydrogen-bond donors (Lipinski definition) is 1. The molecular formula is C7H12O4. The van der Waals surface area contributed by atoms with Crippen molar-refractivity contribution < 1.29 is 19.4 Å². The second-order valence-electron chi connectivity index (χ2n) is 2.61. The summed E-state index contributed by atoms with van der Waals surface area (Å²) in [5.74, 6) is -1.86. The summed E-state index contributed by atoms with van der Waals surface area (Å²) in [6, 6.07) is 0. The second kappa shape index (κ2) is 3.95. The van der Waals surface area contributed by atoms with Gasteiger partial charge < -0.3 is 9.84 Å². The number of carbonyl (C=O) groups is 2. The van der Waals surface area contributed by atoms with Crippen molar-refractivity contribution in [3.05, 3.63) is 0 Å². The van der Waals surface area contributed by atoms with Gasteiger partial charge in [-0.15, -0.1) is 0 Å². The van der Waals surface area contributed by atoms with Crippen LogP contribution in [0.25, 0.3) is 0 Å². The molecule has 0 amide bonds. The molecule has 0 bridgehead atoms. The highest BCUT2D eigenvalue weighted by atomic mass is 16.6. The molecule has 1 atom stereocenters. The van der Waals surface area contributed by atoms with Gasteiger partial charge in [-0.1, -0.05) is 13.8 Å². The van der Waals surface area contributed by atoms with E-state index in [1.807, 2.05) is 0 Å². The third-order valence-electron chi connectivity index (χ3n) is 1.14. The Labute approximate surface area is 65.2 Å². The highest BCUT2D eigenvalue weighted by Gasteiger charge is 2.23. The maximum absolute atomic E-state index is 10.4. The van der Waals surface area contributed by atoms with E-state index in [1.165, 1.54) is 6.92 Å². The van der Waals surface area contributed by atoms with Gasteiger partial charge in [-0.25, -0.2) is 4.79 Å². The Kier molecular flexibility index (Phi) is 3.57.